The van der Waals surface area contributed by atoms with Crippen LogP contribution in [-0.2, 0) is 30.4 Å². The fourth-order valence-electron chi connectivity index (χ4n) is 3.12. The molecule has 168 valence electrons. The summed E-state index contributed by atoms with van der Waals surface area (Å²) >= 11 is 1.38. The van der Waals surface area contributed by atoms with Crippen molar-refractivity contribution < 1.29 is 23.9 Å². The highest BCUT2D eigenvalue weighted by Gasteiger charge is 2.21. The maximum Gasteiger partial charge on any atom is 0.325 e. The minimum atomic E-state index is -0.663. The lowest BCUT2D eigenvalue weighted by Gasteiger charge is -2.20. The van der Waals surface area contributed by atoms with Crippen LogP contribution in [0.3, 0.4) is 0 Å². The quantitative estimate of drug-likeness (QED) is 0.476. The Balaban J connectivity index is 1.83. The number of rotatable bonds is 8. The van der Waals surface area contributed by atoms with Crippen molar-refractivity contribution in [3.05, 3.63) is 51.9 Å². The Kier molecular flexibility index (Phi) is 7.37. The number of carbonyl (C=O) groups is 3. The van der Waals surface area contributed by atoms with Gasteiger partial charge in [0.1, 0.15) is 17.9 Å². The topological polar surface area (TPSA) is 108 Å². The van der Waals surface area contributed by atoms with Gasteiger partial charge in [-0.3, -0.25) is 23.7 Å². The summed E-state index contributed by atoms with van der Waals surface area (Å²) < 4.78 is 10.5. The van der Waals surface area contributed by atoms with Crippen LogP contribution in [0.1, 0.15) is 12.0 Å². The molecular weight excluding hydrogens is 434 g/mol. The molecule has 3 aromatic rings. The first kappa shape index (κ1) is 23.1. The highest BCUT2D eigenvalue weighted by molar-refractivity contribution is 7.17. The fraction of sp³-hybridized carbons (Fsp3) is 0.318. The first-order valence-electron chi connectivity index (χ1n) is 9.79. The average Bonchev–Trinajstić information content (AvgIpc) is 3.23. The highest BCUT2D eigenvalue weighted by Crippen LogP contribution is 2.30. The number of thiophene rings is 1. The molecule has 0 aliphatic rings. The van der Waals surface area contributed by atoms with E-state index in [9.17, 15) is 19.2 Å². The van der Waals surface area contributed by atoms with Crippen LogP contribution >= 0.6 is 11.3 Å². The first-order valence-corrected chi connectivity index (χ1v) is 10.7. The number of hydrogen-bond donors (Lipinski definition) is 0. The van der Waals surface area contributed by atoms with E-state index in [0.717, 1.165) is 21.6 Å². The zero-order valence-corrected chi connectivity index (χ0v) is 18.8. The van der Waals surface area contributed by atoms with Crippen molar-refractivity contribution in [3.63, 3.8) is 0 Å². The largest absolute Gasteiger partial charge is 0.468 e. The van der Waals surface area contributed by atoms with Crippen LogP contribution in [0.25, 0.3) is 21.3 Å². The molecule has 10 heteroatoms. The predicted octanol–water partition coefficient (Wildman–Crippen LogP) is 2.00. The van der Waals surface area contributed by atoms with E-state index in [0.29, 0.717) is 10.2 Å². The van der Waals surface area contributed by atoms with Crippen LogP contribution in [0.4, 0.5) is 0 Å². The summed E-state index contributed by atoms with van der Waals surface area (Å²) in [6.45, 7) is 1.25. The molecule has 2 aromatic heterocycles. The summed E-state index contributed by atoms with van der Waals surface area (Å²) in [5, 5.41) is 2.39. The number of benzene rings is 1. The minimum absolute atomic E-state index is 0.0443. The molecule has 0 N–H and O–H groups in total. The number of esters is 2. The van der Waals surface area contributed by atoms with Crippen LogP contribution in [0, 0.1) is 6.92 Å². The second-order valence-electron chi connectivity index (χ2n) is 7.09. The summed E-state index contributed by atoms with van der Waals surface area (Å²) in [4.78, 5) is 55.0. The van der Waals surface area contributed by atoms with Gasteiger partial charge in [-0.1, -0.05) is 29.8 Å². The van der Waals surface area contributed by atoms with Crippen molar-refractivity contribution in [1.29, 1.82) is 0 Å². The molecule has 0 fully saturated rings. The number of fused-ring (bicyclic) bond motifs is 1. The Morgan fingerprint density at radius 2 is 1.69 bits per heavy atom. The second kappa shape index (κ2) is 10.2. The normalized spacial score (nSPS) is 10.7. The van der Waals surface area contributed by atoms with Crippen LogP contribution < -0.4 is 5.56 Å². The van der Waals surface area contributed by atoms with Gasteiger partial charge in [-0.15, -0.1) is 11.3 Å². The molecule has 3 rings (SSSR count). The van der Waals surface area contributed by atoms with Gasteiger partial charge in [0.2, 0.25) is 5.91 Å². The van der Waals surface area contributed by atoms with E-state index in [1.807, 2.05) is 36.6 Å². The van der Waals surface area contributed by atoms with E-state index in [1.165, 1.54) is 36.5 Å². The van der Waals surface area contributed by atoms with Gasteiger partial charge in [0.25, 0.3) is 5.56 Å². The zero-order valence-electron chi connectivity index (χ0n) is 18.0. The molecule has 1 amide bonds. The van der Waals surface area contributed by atoms with Gasteiger partial charge in [-0.05, 0) is 12.5 Å². The number of nitrogens with zero attached hydrogens (tertiary/aromatic N) is 3. The standard InChI is InChI=1S/C22H23N3O6S/c1-14-4-6-15(7-5-14)16-12-32-21-20(16)22(29)24(13-23-21)9-8-17(26)25(10-18(27)30-2)11-19(28)31-3/h4-7,12-13H,8-11H2,1-3H3. The molecule has 0 spiro atoms. The Morgan fingerprint density at radius 1 is 1.06 bits per heavy atom. The molecule has 0 saturated carbocycles. The van der Waals surface area contributed by atoms with Gasteiger partial charge in [0.05, 0.1) is 25.9 Å². The van der Waals surface area contributed by atoms with Gasteiger partial charge in [-0.25, -0.2) is 4.98 Å². The molecular formula is C22H23N3O6S. The van der Waals surface area contributed by atoms with Crippen LogP contribution in [0.5, 0.6) is 0 Å². The number of carbonyl (C=O) groups excluding carboxylic acids is 3. The third-order valence-electron chi connectivity index (χ3n) is 4.94. The molecule has 0 unspecified atom stereocenters. The van der Waals surface area contributed by atoms with Crippen molar-refractivity contribution in [2.24, 2.45) is 0 Å². The molecule has 1 aromatic carbocycles. The monoisotopic (exact) mass is 457 g/mol. The number of aromatic nitrogens is 2. The number of aryl methyl sites for hydroxylation is 2. The molecule has 0 aliphatic heterocycles. The lowest BCUT2D eigenvalue weighted by molar-refractivity contribution is -0.152. The Bertz CT molecular complexity index is 1180. The maximum atomic E-state index is 13.1. The fourth-order valence-corrected chi connectivity index (χ4v) is 4.03. The van der Waals surface area contributed by atoms with Crippen molar-refractivity contribution in [3.8, 4) is 11.1 Å². The summed E-state index contributed by atoms with van der Waals surface area (Å²) in [5.74, 6) is -1.82. The summed E-state index contributed by atoms with van der Waals surface area (Å²) in [6.07, 6.45) is 1.30. The van der Waals surface area contributed by atoms with Gasteiger partial charge in [0, 0.05) is 23.9 Å². The van der Waals surface area contributed by atoms with E-state index in [4.69, 9.17) is 0 Å². The van der Waals surface area contributed by atoms with Crippen molar-refractivity contribution in [2.45, 2.75) is 19.9 Å². The third-order valence-corrected chi connectivity index (χ3v) is 5.82. The van der Waals surface area contributed by atoms with E-state index in [2.05, 4.69) is 14.5 Å². The van der Waals surface area contributed by atoms with Gasteiger partial charge in [-0.2, -0.15) is 0 Å². The van der Waals surface area contributed by atoms with Crippen LogP contribution in [0.15, 0.2) is 40.8 Å². The molecule has 0 radical (unpaired) electrons. The molecule has 2 heterocycles. The van der Waals surface area contributed by atoms with Crippen molar-refractivity contribution in [2.75, 3.05) is 27.3 Å². The Morgan fingerprint density at radius 3 is 2.28 bits per heavy atom. The van der Waals surface area contributed by atoms with E-state index >= 15 is 0 Å². The van der Waals surface area contributed by atoms with E-state index in [-0.39, 0.29) is 18.5 Å². The molecule has 0 saturated heterocycles. The molecule has 0 atom stereocenters. The predicted molar refractivity (Wildman–Crippen MR) is 119 cm³/mol. The highest BCUT2D eigenvalue weighted by atomic mass is 32.1. The summed E-state index contributed by atoms with van der Waals surface area (Å²) in [7, 11) is 2.38. The first-order chi connectivity index (χ1) is 15.3. The second-order valence-corrected chi connectivity index (χ2v) is 7.95. The molecule has 0 bridgehead atoms. The Hall–Kier alpha value is -3.53. The van der Waals surface area contributed by atoms with E-state index in [1.54, 1.807) is 0 Å². The average molecular weight is 458 g/mol. The van der Waals surface area contributed by atoms with Crippen molar-refractivity contribution >= 4 is 39.4 Å². The lowest BCUT2D eigenvalue weighted by Crippen LogP contribution is -2.40. The zero-order chi connectivity index (χ0) is 23.3. The molecule has 0 aliphatic carbocycles. The summed E-state index contributed by atoms with van der Waals surface area (Å²) in [6, 6.07) is 7.86. The Labute approximate surface area is 188 Å². The molecule has 32 heavy (non-hydrogen) atoms. The molecule has 9 nitrogen and oxygen atoms in total. The number of methoxy groups -OCH3 is 2. The van der Waals surface area contributed by atoms with Gasteiger partial charge >= 0.3 is 11.9 Å². The lowest BCUT2D eigenvalue weighted by atomic mass is 10.1. The number of ether oxygens (including phenoxy) is 2. The third kappa shape index (κ3) is 5.20. The summed E-state index contributed by atoms with van der Waals surface area (Å²) in [5.41, 5.74) is 2.57. The number of amides is 1. The minimum Gasteiger partial charge on any atom is -0.468 e. The van der Waals surface area contributed by atoms with Crippen LogP contribution in [0.2, 0.25) is 0 Å². The SMILES string of the molecule is COC(=O)CN(CC(=O)OC)C(=O)CCn1cnc2scc(-c3ccc(C)cc3)c2c1=O. The smallest absolute Gasteiger partial charge is 0.325 e. The van der Waals surface area contributed by atoms with Gasteiger partial charge < -0.3 is 14.4 Å². The van der Waals surface area contributed by atoms with Gasteiger partial charge in [0.15, 0.2) is 0 Å². The maximum absolute atomic E-state index is 13.1. The van der Waals surface area contributed by atoms with E-state index < -0.39 is 30.9 Å². The van der Waals surface area contributed by atoms with Crippen molar-refractivity contribution in [1.82, 2.24) is 14.5 Å². The number of hydrogen-bond acceptors (Lipinski definition) is 8. The van der Waals surface area contributed by atoms with Crippen LogP contribution in [-0.4, -0.2) is 59.6 Å².